The summed E-state index contributed by atoms with van der Waals surface area (Å²) in [5.74, 6) is -0.203. The number of para-hydroxylation sites is 1. The van der Waals surface area contributed by atoms with Gasteiger partial charge in [0.25, 0.3) is 5.91 Å². The first-order valence-corrected chi connectivity index (χ1v) is 9.78. The molecule has 0 radical (unpaired) electrons. The maximum absolute atomic E-state index is 12.4. The average Bonchev–Trinajstić information content (AvgIpc) is 3.03. The molecule has 1 aromatic heterocycles. The van der Waals surface area contributed by atoms with Gasteiger partial charge in [0.2, 0.25) is 0 Å². The molecular formula is C18H19N4O4P. The lowest BCUT2D eigenvalue weighted by molar-refractivity contribution is 0.102. The monoisotopic (exact) mass is 386 g/mol. The zero-order valence-corrected chi connectivity index (χ0v) is 15.5. The lowest BCUT2D eigenvalue weighted by Gasteiger charge is -2.11. The van der Waals surface area contributed by atoms with E-state index in [1.165, 1.54) is 24.3 Å². The van der Waals surface area contributed by atoms with Gasteiger partial charge in [0.15, 0.2) is 5.82 Å². The van der Waals surface area contributed by atoms with E-state index in [1.807, 2.05) is 30.3 Å². The highest BCUT2D eigenvalue weighted by Crippen LogP contribution is 2.40. The van der Waals surface area contributed by atoms with Crippen molar-refractivity contribution in [1.82, 2.24) is 9.78 Å². The summed E-state index contributed by atoms with van der Waals surface area (Å²) in [5, 5.41) is 7.04. The van der Waals surface area contributed by atoms with Crippen LogP contribution >= 0.6 is 7.60 Å². The molecular weight excluding hydrogens is 367 g/mol. The summed E-state index contributed by atoms with van der Waals surface area (Å²) >= 11 is 0. The van der Waals surface area contributed by atoms with Crippen molar-refractivity contribution in [3.8, 4) is 5.69 Å². The van der Waals surface area contributed by atoms with E-state index in [1.54, 1.807) is 17.8 Å². The highest BCUT2D eigenvalue weighted by atomic mass is 31.2. The summed E-state index contributed by atoms with van der Waals surface area (Å²) in [7, 11) is -3.87. The summed E-state index contributed by atoms with van der Waals surface area (Å²) in [5.41, 5.74) is 7.36. The highest BCUT2D eigenvalue weighted by Gasteiger charge is 2.22. The van der Waals surface area contributed by atoms with Crippen LogP contribution in [-0.4, -0.2) is 27.2 Å². The number of nitrogens with two attached hydrogens (primary N) is 1. The van der Waals surface area contributed by atoms with Crippen LogP contribution in [0.1, 0.15) is 17.3 Å². The maximum atomic E-state index is 12.4. The number of nitrogen functional groups attached to an aromatic ring is 1. The number of nitrogens with one attached hydrogen (secondary N) is 1. The predicted molar refractivity (Wildman–Crippen MR) is 103 cm³/mol. The molecule has 0 fully saturated rings. The smallest absolute Gasteiger partial charge is 0.358 e. The molecule has 1 heterocycles. The first-order chi connectivity index (χ1) is 12.9. The Morgan fingerprint density at radius 3 is 2.52 bits per heavy atom. The molecule has 2 aromatic carbocycles. The normalized spacial score (nSPS) is 13.1. The first-order valence-electron chi connectivity index (χ1n) is 8.20. The third-order valence-electron chi connectivity index (χ3n) is 3.76. The number of anilines is 2. The quantitative estimate of drug-likeness (QED) is 0.560. The summed E-state index contributed by atoms with van der Waals surface area (Å²) in [6.45, 7) is 1.74. The van der Waals surface area contributed by atoms with Crippen molar-refractivity contribution in [1.29, 1.82) is 0 Å². The van der Waals surface area contributed by atoms with Gasteiger partial charge in [-0.15, -0.1) is 5.10 Å². The number of amides is 1. The fourth-order valence-electron chi connectivity index (χ4n) is 2.43. The van der Waals surface area contributed by atoms with Crippen molar-refractivity contribution in [3.63, 3.8) is 0 Å². The molecule has 0 aliphatic rings. The van der Waals surface area contributed by atoms with Gasteiger partial charge in [-0.3, -0.25) is 9.36 Å². The van der Waals surface area contributed by atoms with Crippen molar-refractivity contribution in [2.75, 3.05) is 17.7 Å². The molecule has 0 bridgehead atoms. The average molecular weight is 386 g/mol. The van der Waals surface area contributed by atoms with Crippen LogP contribution in [0.2, 0.25) is 0 Å². The standard InChI is InChI=1S/C18H19N4O4P/c1-2-26-27(24,25)15-10-8-13(9-11-15)18(23)20-17-16(19)12-22(21-17)14-6-4-3-5-7-14/h3-12H,2,19H2,1H3,(H,24,25)(H,20,21,23). The minimum Gasteiger partial charge on any atom is -0.394 e. The van der Waals surface area contributed by atoms with Crippen molar-refractivity contribution in [2.24, 2.45) is 0 Å². The fraction of sp³-hybridized carbons (Fsp3) is 0.111. The zero-order valence-electron chi connectivity index (χ0n) is 14.6. The van der Waals surface area contributed by atoms with E-state index < -0.39 is 13.5 Å². The van der Waals surface area contributed by atoms with Crippen molar-refractivity contribution in [2.45, 2.75) is 6.92 Å². The van der Waals surface area contributed by atoms with E-state index >= 15 is 0 Å². The molecule has 140 valence electrons. The number of hydrogen-bond donors (Lipinski definition) is 3. The first kappa shape index (κ1) is 18.8. The molecule has 27 heavy (non-hydrogen) atoms. The van der Waals surface area contributed by atoms with Gasteiger partial charge in [-0.25, -0.2) is 4.68 Å². The number of nitrogens with zero attached hydrogens (tertiary/aromatic N) is 2. The number of hydrogen-bond acceptors (Lipinski definition) is 5. The van der Waals surface area contributed by atoms with Gasteiger partial charge in [-0.1, -0.05) is 18.2 Å². The third kappa shape index (κ3) is 4.25. The van der Waals surface area contributed by atoms with E-state index in [2.05, 4.69) is 10.4 Å². The van der Waals surface area contributed by atoms with Crippen LogP contribution in [0.4, 0.5) is 11.5 Å². The summed E-state index contributed by atoms with van der Waals surface area (Å²) in [6.07, 6.45) is 1.61. The second-order valence-corrected chi connectivity index (χ2v) is 7.47. The third-order valence-corrected chi connectivity index (χ3v) is 5.31. The lowest BCUT2D eigenvalue weighted by Crippen LogP contribution is -2.15. The summed E-state index contributed by atoms with van der Waals surface area (Å²) < 4.78 is 18.4. The fourth-order valence-corrected chi connectivity index (χ4v) is 3.45. The molecule has 0 aliphatic carbocycles. The maximum Gasteiger partial charge on any atom is 0.358 e. The van der Waals surface area contributed by atoms with Crippen LogP contribution in [0.25, 0.3) is 5.69 Å². The Morgan fingerprint density at radius 2 is 1.89 bits per heavy atom. The van der Waals surface area contributed by atoms with E-state index in [0.717, 1.165) is 5.69 Å². The molecule has 0 saturated heterocycles. The minimum atomic E-state index is -3.87. The Hall–Kier alpha value is -2.93. The molecule has 4 N–H and O–H groups in total. The molecule has 3 aromatic rings. The topological polar surface area (TPSA) is 119 Å². The van der Waals surface area contributed by atoms with E-state index in [-0.39, 0.29) is 17.7 Å². The zero-order chi connectivity index (χ0) is 19.4. The van der Waals surface area contributed by atoms with Crippen LogP contribution in [0, 0.1) is 0 Å². The van der Waals surface area contributed by atoms with Gasteiger partial charge in [0, 0.05) is 5.56 Å². The van der Waals surface area contributed by atoms with Crippen LogP contribution < -0.4 is 16.4 Å². The van der Waals surface area contributed by atoms with Gasteiger partial charge in [0.05, 0.1) is 29.5 Å². The highest BCUT2D eigenvalue weighted by molar-refractivity contribution is 7.61. The van der Waals surface area contributed by atoms with Crippen LogP contribution in [0.3, 0.4) is 0 Å². The number of carbonyl (C=O) groups excluding carboxylic acids is 1. The molecule has 1 unspecified atom stereocenters. The number of carbonyl (C=O) groups is 1. The Kier molecular flexibility index (Phi) is 5.41. The lowest BCUT2D eigenvalue weighted by atomic mass is 10.2. The van der Waals surface area contributed by atoms with Gasteiger partial charge < -0.3 is 20.5 Å². The molecule has 1 amide bonds. The minimum absolute atomic E-state index is 0.110. The SMILES string of the molecule is CCOP(=O)(O)c1ccc(C(=O)Nc2nn(-c3ccccc3)cc2N)cc1. The van der Waals surface area contributed by atoms with Crippen molar-refractivity contribution < 1.29 is 18.8 Å². The van der Waals surface area contributed by atoms with Crippen LogP contribution in [-0.2, 0) is 9.09 Å². The van der Waals surface area contributed by atoms with Gasteiger partial charge in [-0.2, -0.15) is 0 Å². The van der Waals surface area contributed by atoms with Crippen LogP contribution in [0.5, 0.6) is 0 Å². The molecule has 0 saturated carbocycles. The molecule has 3 rings (SSSR count). The summed E-state index contributed by atoms with van der Waals surface area (Å²) in [6, 6.07) is 15.0. The Bertz CT molecular complexity index is 986. The molecule has 0 spiro atoms. The number of benzene rings is 2. The number of aromatic nitrogens is 2. The predicted octanol–water partition coefficient (Wildman–Crippen LogP) is 2.55. The van der Waals surface area contributed by atoms with Gasteiger partial charge in [0.1, 0.15) is 0 Å². The Morgan fingerprint density at radius 1 is 1.22 bits per heavy atom. The van der Waals surface area contributed by atoms with E-state index in [9.17, 15) is 14.3 Å². The Balaban J connectivity index is 1.76. The second kappa shape index (κ2) is 7.75. The van der Waals surface area contributed by atoms with Gasteiger partial charge >= 0.3 is 7.60 Å². The van der Waals surface area contributed by atoms with Gasteiger partial charge in [-0.05, 0) is 43.3 Å². The van der Waals surface area contributed by atoms with E-state index in [0.29, 0.717) is 11.3 Å². The van der Waals surface area contributed by atoms with Crippen LogP contribution in [0.15, 0.2) is 60.8 Å². The molecule has 9 heteroatoms. The molecule has 0 aliphatic heterocycles. The van der Waals surface area contributed by atoms with Crippen molar-refractivity contribution in [3.05, 3.63) is 66.4 Å². The largest absolute Gasteiger partial charge is 0.394 e. The second-order valence-electron chi connectivity index (χ2n) is 5.65. The molecule has 1 atom stereocenters. The van der Waals surface area contributed by atoms with Crippen molar-refractivity contribution >= 4 is 30.3 Å². The molecule has 8 nitrogen and oxygen atoms in total. The Labute approximate surface area is 156 Å². The van der Waals surface area contributed by atoms with E-state index in [4.69, 9.17) is 10.3 Å². The number of rotatable bonds is 6. The summed E-state index contributed by atoms with van der Waals surface area (Å²) in [4.78, 5) is 22.2.